The Kier molecular flexibility index (Phi) is 4.91. The minimum atomic E-state index is -0.202. The first-order valence-electron chi connectivity index (χ1n) is 6.95. The summed E-state index contributed by atoms with van der Waals surface area (Å²) in [5, 5.41) is 1.19. The molecule has 3 nitrogen and oxygen atoms in total. The number of rotatable bonds is 5. The smallest absolute Gasteiger partial charge is 0.267 e. The van der Waals surface area contributed by atoms with Crippen LogP contribution in [-0.2, 0) is 6.42 Å². The van der Waals surface area contributed by atoms with Crippen LogP contribution in [0, 0.1) is 0 Å². The van der Waals surface area contributed by atoms with E-state index in [4.69, 9.17) is 5.84 Å². The molecule has 0 saturated carbocycles. The largest absolute Gasteiger partial charge is 0.272 e. The van der Waals surface area contributed by atoms with E-state index in [0.717, 1.165) is 6.42 Å². The predicted octanol–water partition coefficient (Wildman–Crippen LogP) is 3.55. The van der Waals surface area contributed by atoms with Gasteiger partial charge >= 0.3 is 0 Å². The summed E-state index contributed by atoms with van der Waals surface area (Å²) in [6, 6.07) is 16.9. The van der Waals surface area contributed by atoms with Crippen molar-refractivity contribution >= 4 is 11.6 Å². The average Bonchev–Trinajstić information content (AvgIpc) is 2.53. The Labute approximate surface area is 120 Å². The van der Waals surface area contributed by atoms with E-state index < -0.39 is 0 Å². The molecule has 0 unspecified atom stereocenters. The van der Waals surface area contributed by atoms with Gasteiger partial charge in [0.2, 0.25) is 0 Å². The Hall–Kier alpha value is -2.13. The van der Waals surface area contributed by atoms with E-state index in [9.17, 15) is 4.79 Å². The van der Waals surface area contributed by atoms with Crippen LogP contribution < -0.4 is 10.9 Å². The Morgan fingerprint density at radius 2 is 1.70 bits per heavy atom. The minimum Gasteiger partial charge on any atom is -0.267 e. The van der Waals surface area contributed by atoms with Crippen LogP contribution in [0.15, 0.2) is 54.6 Å². The zero-order chi connectivity index (χ0) is 14.4. The van der Waals surface area contributed by atoms with Gasteiger partial charge in [-0.05, 0) is 42.7 Å². The summed E-state index contributed by atoms with van der Waals surface area (Å²) in [6.45, 7) is 2.18. The number of hydrogen-bond acceptors (Lipinski definition) is 2. The molecule has 1 amide bonds. The van der Waals surface area contributed by atoms with Gasteiger partial charge < -0.3 is 0 Å². The third-order valence-electron chi connectivity index (χ3n) is 3.27. The number of hydrogen-bond donors (Lipinski definition) is 1. The van der Waals surface area contributed by atoms with Gasteiger partial charge in [-0.25, -0.2) is 10.9 Å². The van der Waals surface area contributed by atoms with Crippen LogP contribution >= 0.6 is 0 Å². The molecule has 0 aliphatic carbocycles. The maximum Gasteiger partial charge on any atom is 0.272 e. The number of carbonyl (C=O) groups excluding carboxylic acids is 1. The second kappa shape index (κ2) is 6.87. The standard InChI is InChI=1S/C17H20N2O/c1-2-3-7-14-10-12-16(13-11-14)19(18)17(20)15-8-5-4-6-9-15/h4-6,8-13H,2-3,7,18H2,1H3. The van der Waals surface area contributed by atoms with Crippen molar-refractivity contribution in [1.29, 1.82) is 0 Å². The minimum absolute atomic E-state index is 0.202. The fraction of sp³-hybridized carbons (Fsp3) is 0.235. The van der Waals surface area contributed by atoms with Crippen molar-refractivity contribution in [2.24, 2.45) is 5.84 Å². The van der Waals surface area contributed by atoms with Gasteiger partial charge in [0.1, 0.15) is 0 Å². The van der Waals surface area contributed by atoms with Gasteiger partial charge in [0.15, 0.2) is 0 Å². The summed E-state index contributed by atoms with van der Waals surface area (Å²) >= 11 is 0. The molecule has 0 saturated heterocycles. The van der Waals surface area contributed by atoms with Crippen LogP contribution in [0.1, 0.15) is 35.7 Å². The number of hydrazine groups is 1. The van der Waals surface area contributed by atoms with Crippen molar-refractivity contribution in [1.82, 2.24) is 0 Å². The van der Waals surface area contributed by atoms with Crippen LogP contribution in [0.4, 0.5) is 5.69 Å². The Balaban J connectivity index is 2.09. The van der Waals surface area contributed by atoms with Crippen LogP contribution in [0.25, 0.3) is 0 Å². The number of nitrogens with two attached hydrogens (primary N) is 1. The highest BCUT2D eigenvalue weighted by Gasteiger charge is 2.13. The van der Waals surface area contributed by atoms with Crippen LogP contribution in [0.2, 0.25) is 0 Å². The van der Waals surface area contributed by atoms with Gasteiger partial charge in [-0.2, -0.15) is 0 Å². The van der Waals surface area contributed by atoms with Gasteiger partial charge in [-0.3, -0.25) is 4.79 Å². The number of anilines is 1. The summed E-state index contributed by atoms with van der Waals surface area (Å²) in [5.74, 6) is 5.70. The van der Waals surface area contributed by atoms with E-state index in [2.05, 4.69) is 6.92 Å². The van der Waals surface area contributed by atoms with E-state index >= 15 is 0 Å². The third kappa shape index (κ3) is 3.45. The quantitative estimate of drug-likeness (QED) is 0.512. The van der Waals surface area contributed by atoms with Crippen molar-refractivity contribution in [3.8, 4) is 0 Å². The third-order valence-corrected chi connectivity index (χ3v) is 3.27. The summed E-state index contributed by atoms with van der Waals surface area (Å²) in [4.78, 5) is 12.2. The van der Waals surface area contributed by atoms with Gasteiger partial charge in [-0.1, -0.05) is 43.7 Å². The van der Waals surface area contributed by atoms with Crippen molar-refractivity contribution in [3.63, 3.8) is 0 Å². The van der Waals surface area contributed by atoms with Crippen LogP contribution in [0.3, 0.4) is 0 Å². The second-order valence-electron chi connectivity index (χ2n) is 4.81. The van der Waals surface area contributed by atoms with Crippen LogP contribution in [-0.4, -0.2) is 5.91 Å². The van der Waals surface area contributed by atoms with Crippen LogP contribution in [0.5, 0.6) is 0 Å². The lowest BCUT2D eigenvalue weighted by molar-refractivity contribution is 0.0987. The maximum absolute atomic E-state index is 12.2. The molecule has 104 valence electrons. The van der Waals surface area contributed by atoms with E-state index in [0.29, 0.717) is 11.3 Å². The highest BCUT2D eigenvalue weighted by atomic mass is 16.2. The molecule has 2 aromatic carbocycles. The first kappa shape index (κ1) is 14.3. The van der Waals surface area contributed by atoms with Gasteiger partial charge in [0.05, 0.1) is 5.69 Å². The highest BCUT2D eigenvalue weighted by molar-refractivity contribution is 6.05. The lowest BCUT2D eigenvalue weighted by Gasteiger charge is -2.17. The van der Waals surface area contributed by atoms with Crippen molar-refractivity contribution in [2.75, 3.05) is 5.01 Å². The number of unbranched alkanes of at least 4 members (excludes halogenated alkanes) is 1. The van der Waals surface area contributed by atoms with E-state index in [1.165, 1.54) is 23.4 Å². The Morgan fingerprint density at radius 1 is 1.05 bits per heavy atom. The summed E-state index contributed by atoms with van der Waals surface area (Å²) < 4.78 is 0. The lowest BCUT2D eigenvalue weighted by atomic mass is 10.1. The summed E-state index contributed by atoms with van der Waals surface area (Å²) in [7, 11) is 0. The summed E-state index contributed by atoms with van der Waals surface area (Å²) in [5.41, 5.74) is 2.57. The first-order chi connectivity index (χ1) is 9.72. The normalized spacial score (nSPS) is 10.3. The topological polar surface area (TPSA) is 46.3 Å². The lowest BCUT2D eigenvalue weighted by Crippen LogP contribution is -2.37. The fourth-order valence-electron chi connectivity index (χ4n) is 2.04. The van der Waals surface area contributed by atoms with Gasteiger partial charge in [-0.15, -0.1) is 0 Å². The molecule has 20 heavy (non-hydrogen) atoms. The molecule has 0 aliphatic heterocycles. The Morgan fingerprint density at radius 3 is 2.30 bits per heavy atom. The number of carbonyl (C=O) groups is 1. The predicted molar refractivity (Wildman–Crippen MR) is 82.5 cm³/mol. The van der Waals surface area contributed by atoms with Crippen molar-refractivity contribution in [3.05, 3.63) is 65.7 Å². The van der Waals surface area contributed by atoms with Gasteiger partial charge in [0, 0.05) is 5.56 Å². The molecule has 0 bridgehead atoms. The monoisotopic (exact) mass is 268 g/mol. The fourth-order valence-corrected chi connectivity index (χ4v) is 2.04. The van der Waals surface area contributed by atoms with Gasteiger partial charge in [0.25, 0.3) is 5.91 Å². The molecule has 0 fully saturated rings. The number of aryl methyl sites for hydroxylation is 1. The zero-order valence-corrected chi connectivity index (χ0v) is 11.8. The number of amides is 1. The molecule has 0 atom stereocenters. The maximum atomic E-state index is 12.2. The molecule has 0 aliphatic rings. The molecule has 2 rings (SSSR count). The summed E-state index contributed by atoms with van der Waals surface area (Å²) in [6.07, 6.45) is 3.42. The molecule has 0 spiro atoms. The Bertz CT molecular complexity index is 549. The number of benzene rings is 2. The average molecular weight is 268 g/mol. The number of nitrogens with zero attached hydrogens (tertiary/aromatic N) is 1. The van der Waals surface area contributed by atoms with E-state index in [-0.39, 0.29) is 5.91 Å². The second-order valence-corrected chi connectivity index (χ2v) is 4.81. The SMILES string of the molecule is CCCCc1ccc(N(N)C(=O)c2ccccc2)cc1. The van der Waals surface area contributed by atoms with Crippen molar-refractivity contribution < 1.29 is 4.79 Å². The molecular weight excluding hydrogens is 248 g/mol. The molecule has 2 aromatic rings. The highest BCUT2D eigenvalue weighted by Crippen LogP contribution is 2.16. The molecule has 0 heterocycles. The molecule has 0 radical (unpaired) electrons. The molecule has 3 heteroatoms. The molecular formula is C17H20N2O. The van der Waals surface area contributed by atoms with E-state index in [1.807, 2.05) is 42.5 Å². The molecule has 2 N–H and O–H groups in total. The zero-order valence-electron chi connectivity index (χ0n) is 11.8. The first-order valence-corrected chi connectivity index (χ1v) is 6.95. The van der Waals surface area contributed by atoms with E-state index in [1.54, 1.807) is 12.1 Å². The molecule has 0 aromatic heterocycles. The van der Waals surface area contributed by atoms with Crippen molar-refractivity contribution in [2.45, 2.75) is 26.2 Å².